The molecule has 21 heavy (non-hydrogen) atoms. The maximum absolute atomic E-state index is 6.09. The molecule has 106 valence electrons. The first-order chi connectivity index (χ1) is 10.2. The van der Waals surface area contributed by atoms with Gasteiger partial charge in [0.2, 0.25) is 0 Å². The van der Waals surface area contributed by atoms with Crippen LogP contribution in [0.5, 0.6) is 0 Å². The highest BCUT2D eigenvalue weighted by molar-refractivity contribution is 9.10. The number of nitrogens with zero attached hydrogens (tertiary/aromatic N) is 2. The molecule has 3 rings (SSSR count). The molecule has 0 aliphatic rings. The van der Waals surface area contributed by atoms with E-state index in [0.717, 1.165) is 39.0 Å². The molecule has 0 atom stereocenters. The standard InChI is InChI=1S/C17H16BrN3/c1-2-21(13-6-4-3-5-7-13)16-9-8-15(19)14-10-12(18)11-20-17(14)16/h3-11H,2,19H2,1H3. The summed E-state index contributed by atoms with van der Waals surface area (Å²) in [5.74, 6) is 0. The van der Waals surface area contributed by atoms with Gasteiger partial charge in [0.15, 0.2) is 0 Å². The number of benzene rings is 2. The molecule has 4 heteroatoms. The first kappa shape index (κ1) is 13.9. The largest absolute Gasteiger partial charge is 0.398 e. The molecular formula is C17H16BrN3. The highest BCUT2D eigenvalue weighted by atomic mass is 79.9. The van der Waals surface area contributed by atoms with Crippen LogP contribution in [0, 0.1) is 0 Å². The number of hydrogen-bond donors (Lipinski definition) is 1. The number of pyridine rings is 1. The number of nitrogen functional groups attached to an aromatic ring is 1. The number of para-hydroxylation sites is 1. The Morgan fingerprint density at radius 2 is 1.90 bits per heavy atom. The van der Waals surface area contributed by atoms with E-state index in [-0.39, 0.29) is 0 Å². The summed E-state index contributed by atoms with van der Waals surface area (Å²) in [5.41, 5.74) is 9.98. The van der Waals surface area contributed by atoms with Gasteiger partial charge in [-0.1, -0.05) is 18.2 Å². The van der Waals surface area contributed by atoms with Crippen molar-refractivity contribution in [1.29, 1.82) is 0 Å². The fraction of sp³-hybridized carbons (Fsp3) is 0.118. The van der Waals surface area contributed by atoms with Crippen molar-refractivity contribution < 1.29 is 0 Å². The SMILES string of the molecule is CCN(c1ccccc1)c1ccc(N)c2cc(Br)cnc12. The Balaban J connectivity index is 2.22. The minimum atomic E-state index is 0.742. The summed E-state index contributed by atoms with van der Waals surface area (Å²) in [5, 5.41) is 0.969. The van der Waals surface area contributed by atoms with Crippen molar-refractivity contribution in [2.45, 2.75) is 6.92 Å². The van der Waals surface area contributed by atoms with Gasteiger partial charge in [0, 0.05) is 34.0 Å². The van der Waals surface area contributed by atoms with E-state index in [1.54, 1.807) is 0 Å². The van der Waals surface area contributed by atoms with Crippen LogP contribution in [0.15, 0.2) is 59.2 Å². The highest BCUT2D eigenvalue weighted by Gasteiger charge is 2.13. The number of nitrogens with two attached hydrogens (primary N) is 1. The monoisotopic (exact) mass is 341 g/mol. The van der Waals surface area contributed by atoms with Gasteiger partial charge in [-0.05, 0) is 53.2 Å². The predicted molar refractivity (Wildman–Crippen MR) is 93.0 cm³/mol. The molecule has 0 unspecified atom stereocenters. The van der Waals surface area contributed by atoms with E-state index in [4.69, 9.17) is 5.73 Å². The Kier molecular flexibility index (Phi) is 3.80. The van der Waals surface area contributed by atoms with Crippen LogP contribution >= 0.6 is 15.9 Å². The fourth-order valence-electron chi connectivity index (χ4n) is 2.52. The molecule has 1 heterocycles. The van der Waals surface area contributed by atoms with Crippen molar-refractivity contribution in [3.8, 4) is 0 Å². The van der Waals surface area contributed by atoms with Gasteiger partial charge in [-0.25, -0.2) is 0 Å². The lowest BCUT2D eigenvalue weighted by molar-refractivity contribution is 1.03. The normalized spacial score (nSPS) is 10.8. The molecule has 3 nitrogen and oxygen atoms in total. The quantitative estimate of drug-likeness (QED) is 0.699. The van der Waals surface area contributed by atoms with Gasteiger partial charge in [0.1, 0.15) is 0 Å². The third-order valence-electron chi connectivity index (χ3n) is 3.50. The lowest BCUT2D eigenvalue weighted by Crippen LogP contribution is -2.16. The zero-order valence-electron chi connectivity index (χ0n) is 11.8. The van der Waals surface area contributed by atoms with E-state index in [9.17, 15) is 0 Å². The van der Waals surface area contributed by atoms with Gasteiger partial charge in [-0.3, -0.25) is 4.98 Å². The molecular weight excluding hydrogens is 326 g/mol. The van der Waals surface area contributed by atoms with E-state index in [1.807, 2.05) is 42.6 Å². The zero-order chi connectivity index (χ0) is 14.8. The smallest absolute Gasteiger partial charge is 0.0960 e. The summed E-state index contributed by atoms with van der Waals surface area (Å²) in [4.78, 5) is 6.81. The van der Waals surface area contributed by atoms with Crippen LogP contribution in [0.1, 0.15) is 6.92 Å². The lowest BCUT2D eigenvalue weighted by Gasteiger charge is -2.24. The van der Waals surface area contributed by atoms with Crippen LogP contribution in [-0.2, 0) is 0 Å². The Labute approximate surface area is 132 Å². The fourth-order valence-corrected chi connectivity index (χ4v) is 2.85. The number of aromatic nitrogens is 1. The zero-order valence-corrected chi connectivity index (χ0v) is 13.3. The van der Waals surface area contributed by atoms with Crippen LogP contribution in [0.25, 0.3) is 10.9 Å². The van der Waals surface area contributed by atoms with Crippen molar-refractivity contribution in [3.05, 3.63) is 59.2 Å². The third kappa shape index (κ3) is 2.59. The first-order valence-corrected chi connectivity index (χ1v) is 7.66. The van der Waals surface area contributed by atoms with E-state index < -0.39 is 0 Å². The average molecular weight is 342 g/mol. The van der Waals surface area contributed by atoms with Crippen LogP contribution < -0.4 is 10.6 Å². The van der Waals surface area contributed by atoms with E-state index in [1.165, 1.54) is 0 Å². The number of rotatable bonds is 3. The molecule has 2 aromatic carbocycles. The van der Waals surface area contributed by atoms with Gasteiger partial charge < -0.3 is 10.6 Å². The van der Waals surface area contributed by atoms with Gasteiger partial charge in [0.25, 0.3) is 0 Å². The molecule has 0 aliphatic heterocycles. The van der Waals surface area contributed by atoms with Crippen molar-refractivity contribution in [3.63, 3.8) is 0 Å². The first-order valence-electron chi connectivity index (χ1n) is 6.87. The number of hydrogen-bond acceptors (Lipinski definition) is 3. The Bertz CT molecular complexity index is 772. The molecule has 0 bridgehead atoms. The van der Waals surface area contributed by atoms with Gasteiger partial charge in [0.05, 0.1) is 11.2 Å². The van der Waals surface area contributed by atoms with Crippen LogP contribution in [0.2, 0.25) is 0 Å². The molecule has 0 spiro atoms. The summed E-state index contributed by atoms with van der Waals surface area (Å²) < 4.78 is 0.932. The summed E-state index contributed by atoms with van der Waals surface area (Å²) in [6, 6.07) is 16.3. The molecule has 3 aromatic rings. The molecule has 0 saturated carbocycles. The molecule has 0 aliphatic carbocycles. The van der Waals surface area contributed by atoms with Gasteiger partial charge >= 0.3 is 0 Å². The van der Waals surface area contributed by atoms with Crippen molar-refractivity contribution in [2.24, 2.45) is 0 Å². The number of fused-ring (bicyclic) bond motifs is 1. The Morgan fingerprint density at radius 1 is 1.14 bits per heavy atom. The van der Waals surface area contributed by atoms with Crippen molar-refractivity contribution >= 4 is 43.9 Å². The third-order valence-corrected chi connectivity index (χ3v) is 3.94. The second-order valence-electron chi connectivity index (χ2n) is 4.80. The van der Waals surface area contributed by atoms with Crippen LogP contribution in [-0.4, -0.2) is 11.5 Å². The minimum absolute atomic E-state index is 0.742. The average Bonchev–Trinajstić information content (AvgIpc) is 2.51. The maximum Gasteiger partial charge on any atom is 0.0960 e. The molecule has 1 aromatic heterocycles. The molecule has 0 amide bonds. The molecule has 0 fully saturated rings. The van der Waals surface area contributed by atoms with E-state index >= 15 is 0 Å². The summed E-state index contributed by atoms with van der Waals surface area (Å²) in [6.07, 6.45) is 1.81. The highest BCUT2D eigenvalue weighted by Crippen LogP contribution is 2.34. The molecule has 0 radical (unpaired) electrons. The second-order valence-corrected chi connectivity index (χ2v) is 5.72. The van der Waals surface area contributed by atoms with E-state index in [0.29, 0.717) is 0 Å². The maximum atomic E-state index is 6.09. The number of anilines is 3. The Hall–Kier alpha value is -2.07. The van der Waals surface area contributed by atoms with Crippen LogP contribution in [0.3, 0.4) is 0 Å². The summed E-state index contributed by atoms with van der Waals surface area (Å²) >= 11 is 3.46. The topological polar surface area (TPSA) is 42.1 Å². The van der Waals surface area contributed by atoms with Crippen molar-refractivity contribution in [1.82, 2.24) is 4.98 Å². The second kappa shape index (κ2) is 5.74. The van der Waals surface area contributed by atoms with Gasteiger partial charge in [-0.2, -0.15) is 0 Å². The lowest BCUT2D eigenvalue weighted by atomic mass is 10.1. The van der Waals surface area contributed by atoms with E-state index in [2.05, 4.69) is 44.9 Å². The van der Waals surface area contributed by atoms with Crippen LogP contribution in [0.4, 0.5) is 17.1 Å². The number of halogens is 1. The predicted octanol–water partition coefficient (Wildman–Crippen LogP) is 4.74. The molecule has 2 N–H and O–H groups in total. The Morgan fingerprint density at radius 3 is 2.62 bits per heavy atom. The molecule has 0 saturated heterocycles. The summed E-state index contributed by atoms with van der Waals surface area (Å²) in [6.45, 7) is 2.99. The minimum Gasteiger partial charge on any atom is -0.398 e. The van der Waals surface area contributed by atoms with Gasteiger partial charge in [-0.15, -0.1) is 0 Å². The summed E-state index contributed by atoms with van der Waals surface area (Å²) in [7, 11) is 0. The van der Waals surface area contributed by atoms with Crippen molar-refractivity contribution in [2.75, 3.05) is 17.2 Å².